The molecule has 92 valence electrons. The number of aryl methyl sites for hydroxylation is 2. The van der Waals surface area contributed by atoms with Crippen LogP contribution in [0, 0.1) is 25.2 Å². The molecule has 1 aromatic carbocycles. The van der Waals surface area contributed by atoms with Crippen molar-refractivity contribution in [2.45, 2.75) is 20.3 Å². The SMILES string of the molecule is Cc1cc(C)cc(OCCc2ncc(C#N)s2)c1. The van der Waals surface area contributed by atoms with Crippen molar-refractivity contribution in [1.29, 1.82) is 5.26 Å². The van der Waals surface area contributed by atoms with Crippen molar-refractivity contribution in [3.63, 3.8) is 0 Å². The minimum Gasteiger partial charge on any atom is -0.493 e. The fourth-order valence-electron chi connectivity index (χ4n) is 1.75. The second-order valence-electron chi connectivity index (χ2n) is 4.15. The molecule has 1 aromatic heterocycles. The molecule has 0 unspecified atom stereocenters. The molecule has 0 fully saturated rings. The Morgan fingerprint density at radius 2 is 2.00 bits per heavy atom. The molecule has 3 nitrogen and oxygen atoms in total. The van der Waals surface area contributed by atoms with E-state index in [4.69, 9.17) is 10.00 Å². The normalized spacial score (nSPS) is 10.1. The Kier molecular flexibility index (Phi) is 3.96. The standard InChI is InChI=1S/C14H14N2OS/c1-10-5-11(2)7-12(6-10)17-4-3-14-16-9-13(8-15)18-14/h5-7,9H,3-4H2,1-2H3. The van der Waals surface area contributed by atoms with E-state index in [-0.39, 0.29) is 0 Å². The summed E-state index contributed by atoms with van der Waals surface area (Å²) in [5, 5.41) is 9.65. The molecule has 0 spiro atoms. The molecule has 2 aromatic rings. The fraction of sp³-hybridized carbons (Fsp3) is 0.286. The van der Waals surface area contributed by atoms with Gasteiger partial charge in [0.1, 0.15) is 16.7 Å². The summed E-state index contributed by atoms with van der Waals surface area (Å²) >= 11 is 1.42. The van der Waals surface area contributed by atoms with Crippen molar-refractivity contribution in [1.82, 2.24) is 4.98 Å². The van der Waals surface area contributed by atoms with Gasteiger partial charge in [-0.2, -0.15) is 5.26 Å². The highest BCUT2D eigenvalue weighted by Crippen LogP contribution is 2.17. The first-order valence-electron chi connectivity index (χ1n) is 5.73. The number of benzene rings is 1. The van der Waals surface area contributed by atoms with Crippen LogP contribution in [0.25, 0.3) is 0 Å². The third-order valence-electron chi connectivity index (χ3n) is 2.44. The zero-order valence-electron chi connectivity index (χ0n) is 10.4. The topological polar surface area (TPSA) is 45.9 Å². The molecule has 0 radical (unpaired) electrons. The van der Waals surface area contributed by atoms with Gasteiger partial charge in [-0.1, -0.05) is 6.07 Å². The molecule has 0 saturated carbocycles. The van der Waals surface area contributed by atoms with Crippen molar-refractivity contribution >= 4 is 11.3 Å². The van der Waals surface area contributed by atoms with Gasteiger partial charge >= 0.3 is 0 Å². The Bertz CT molecular complexity index is 563. The lowest BCUT2D eigenvalue weighted by Crippen LogP contribution is -2.01. The molecule has 0 saturated heterocycles. The summed E-state index contributed by atoms with van der Waals surface area (Å²) in [6, 6.07) is 8.25. The van der Waals surface area contributed by atoms with Crippen LogP contribution in [-0.4, -0.2) is 11.6 Å². The number of ether oxygens (including phenoxy) is 1. The molecule has 18 heavy (non-hydrogen) atoms. The fourth-order valence-corrected chi connectivity index (χ4v) is 2.45. The molecule has 0 aliphatic heterocycles. The van der Waals surface area contributed by atoms with E-state index in [0.717, 1.165) is 17.2 Å². The minimum atomic E-state index is 0.585. The number of rotatable bonds is 4. The van der Waals surface area contributed by atoms with Crippen LogP contribution in [0.4, 0.5) is 0 Å². The van der Waals surface area contributed by atoms with Gasteiger partial charge in [0.15, 0.2) is 0 Å². The molecule has 0 amide bonds. The Morgan fingerprint density at radius 1 is 1.28 bits per heavy atom. The minimum absolute atomic E-state index is 0.585. The van der Waals surface area contributed by atoms with Gasteiger partial charge in [0, 0.05) is 6.42 Å². The molecule has 4 heteroatoms. The molecule has 1 heterocycles. The first kappa shape index (κ1) is 12.6. The Balaban J connectivity index is 1.90. The van der Waals surface area contributed by atoms with Gasteiger partial charge in [-0.25, -0.2) is 4.98 Å². The van der Waals surface area contributed by atoms with Crippen LogP contribution < -0.4 is 4.74 Å². The molecule has 0 atom stereocenters. The van der Waals surface area contributed by atoms with Crippen molar-refractivity contribution in [2.24, 2.45) is 0 Å². The summed E-state index contributed by atoms with van der Waals surface area (Å²) in [7, 11) is 0. The molecule has 0 bridgehead atoms. The summed E-state index contributed by atoms with van der Waals surface area (Å²) < 4.78 is 5.70. The van der Waals surface area contributed by atoms with E-state index in [2.05, 4.69) is 31.0 Å². The number of aromatic nitrogens is 1. The Morgan fingerprint density at radius 3 is 2.61 bits per heavy atom. The Labute approximate surface area is 111 Å². The predicted octanol–water partition coefficient (Wildman–Crippen LogP) is 3.25. The highest BCUT2D eigenvalue weighted by Gasteiger charge is 2.02. The summed E-state index contributed by atoms with van der Waals surface area (Å²) in [6.07, 6.45) is 2.34. The van der Waals surface area contributed by atoms with Crippen LogP contribution in [0.3, 0.4) is 0 Å². The van der Waals surface area contributed by atoms with Gasteiger partial charge in [0.2, 0.25) is 0 Å². The smallest absolute Gasteiger partial charge is 0.124 e. The third-order valence-corrected chi connectivity index (χ3v) is 3.41. The monoisotopic (exact) mass is 258 g/mol. The first-order chi connectivity index (χ1) is 8.67. The van der Waals surface area contributed by atoms with Gasteiger partial charge in [-0.05, 0) is 37.1 Å². The molecular weight excluding hydrogens is 244 g/mol. The zero-order chi connectivity index (χ0) is 13.0. The Hall–Kier alpha value is -1.86. The first-order valence-corrected chi connectivity index (χ1v) is 6.55. The highest BCUT2D eigenvalue weighted by atomic mass is 32.1. The number of nitriles is 1. The number of hydrogen-bond donors (Lipinski definition) is 0. The molecule has 0 N–H and O–H groups in total. The van der Waals surface area contributed by atoms with Crippen LogP contribution in [-0.2, 0) is 6.42 Å². The molecular formula is C14H14N2OS. The van der Waals surface area contributed by atoms with Crippen molar-refractivity contribution in [2.75, 3.05) is 6.61 Å². The van der Waals surface area contributed by atoms with E-state index < -0.39 is 0 Å². The number of nitrogens with zero attached hydrogens (tertiary/aromatic N) is 2. The average molecular weight is 258 g/mol. The van der Waals surface area contributed by atoms with Gasteiger partial charge < -0.3 is 4.74 Å². The largest absolute Gasteiger partial charge is 0.493 e. The number of hydrogen-bond acceptors (Lipinski definition) is 4. The van der Waals surface area contributed by atoms with Crippen LogP contribution in [0.1, 0.15) is 21.0 Å². The van der Waals surface area contributed by atoms with Crippen molar-refractivity contribution in [3.8, 4) is 11.8 Å². The lowest BCUT2D eigenvalue weighted by molar-refractivity contribution is 0.321. The number of thiazole rings is 1. The lowest BCUT2D eigenvalue weighted by Gasteiger charge is -2.07. The maximum absolute atomic E-state index is 8.70. The van der Waals surface area contributed by atoms with E-state index >= 15 is 0 Å². The quantitative estimate of drug-likeness (QED) is 0.845. The van der Waals surface area contributed by atoms with Crippen molar-refractivity contribution < 1.29 is 4.74 Å². The molecule has 0 aliphatic rings. The average Bonchev–Trinajstić information content (AvgIpc) is 2.76. The van der Waals surface area contributed by atoms with E-state index in [1.807, 2.05) is 12.1 Å². The van der Waals surface area contributed by atoms with E-state index in [1.165, 1.54) is 22.5 Å². The summed E-state index contributed by atoms with van der Waals surface area (Å²) in [6.45, 7) is 4.70. The van der Waals surface area contributed by atoms with Gasteiger partial charge in [0.05, 0.1) is 17.8 Å². The molecule has 0 aliphatic carbocycles. The zero-order valence-corrected chi connectivity index (χ0v) is 11.3. The van der Waals surface area contributed by atoms with Gasteiger partial charge in [0.25, 0.3) is 0 Å². The summed E-state index contributed by atoms with van der Waals surface area (Å²) in [5.74, 6) is 0.893. The maximum Gasteiger partial charge on any atom is 0.124 e. The van der Waals surface area contributed by atoms with E-state index in [1.54, 1.807) is 6.20 Å². The van der Waals surface area contributed by atoms with Crippen LogP contribution in [0.15, 0.2) is 24.4 Å². The van der Waals surface area contributed by atoms with E-state index in [0.29, 0.717) is 11.5 Å². The summed E-state index contributed by atoms with van der Waals surface area (Å²) in [4.78, 5) is 4.82. The van der Waals surface area contributed by atoms with Gasteiger partial charge in [-0.15, -0.1) is 11.3 Å². The second kappa shape index (κ2) is 5.65. The van der Waals surface area contributed by atoms with Crippen LogP contribution >= 0.6 is 11.3 Å². The summed E-state index contributed by atoms with van der Waals surface area (Å²) in [5.41, 5.74) is 2.40. The maximum atomic E-state index is 8.70. The van der Waals surface area contributed by atoms with E-state index in [9.17, 15) is 0 Å². The third kappa shape index (κ3) is 3.31. The molecule has 2 rings (SSSR count). The van der Waals surface area contributed by atoms with Gasteiger partial charge in [-0.3, -0.25) is 0 Å². The second-order valence-corrected chi connectivity index (χ2v) is 5.27. The lowest BCUT2D eigenvalue weighted by atomic mass is 10.1. The van der Waals surface area contributed by atoms with Crippen molar-refractivity contribution in [3.05, 3.63) is 45.4 Å². The van der Waals surface area contributed by atoms with Crippen LogP contribution in [0.5, 0.6) is 5.75 Å². The highest BCUT2D eigenvalue weighted by molar-refractivity contribution is 7.12. The van der Waals surface area contributed by atoms with Crippen LogP contribution in [0.2, 0.25) is 0 Å². The predicted molar refractivity (Wildman–Crippen MR) is 71.9 cm³/mol.